The fourth-order valence-electron chi connectivity index (χ4n) is 2.85. The summed E-state index contributed by atoms with van der Waals surface area (Å²) in [7, 11) is 0. The van der Waals surface area contributed by atoms with Crippen LogP contribution in [-0.2, 0) is 0 Å². The van der Waals surface area contributed by atoms with Gasteiger partial charge in [0.2, 0.25) is 5.95 Å². The molecule has 0 radical (unpaired) electrons. The van der Waals surface area contributed by atoms with Crippen molar-refractivity contribution < 1.29 is 0 Å². The van der Waals surface area contributed by atoms with Gasteiger partial charge in [0.05, 0.1) is 16.4 Å². The summed E-state index contributed by atoms with van der Waals surface area (Å²) < 4.78 is 0. The minimum Gasteiger partial charge on any atom is -0.352 e. The topological polar surface area (TPSA) is 73.6 Å². The number of nitriles is 1. The van der Waals surface area contributed by atoms with E-state index in [0.717, 1.165) is 29.1 Å². The van der Waals surface area contributed by atoms with Crippen LogP contribution in [0.2, 0.25) is 0 Å². The molecule has 1 atom stereocenters. The molecule has 1 aromatic carbocycles. The van der Waals surface area contributed by atoms with Crippen molar-refractivity contribution in [2.75, 3.05) is 5.32 Å². The normalized spacial score (nSPS) is 16.2. The molecule has 0 amide bonds. The Morgan fingerprint density at radius 2 is 1.96 bits per heavy atom. The summed E-state index contributed by atoms with van der Waals surface area (Å²) in [5, 5.41) is 19.3. The number of allylic oxidation sites excluding steroid dienone is 1. The Morgan fingerprint density at radius 1 is 1.18 bits per heavy atom. The number of thioether (sulfide) groups is 1. The van der Waals surface area contributed by atoms with Crippen molar-refractivity contribution in [3.05, 3.63) is 64.3 Å². The van der Waals surface area contributed by atoms with E-state index in [2.05, 4.69) is 47.4 Å². The third-order valence-corrected chi connectivity index (χ3v) is 5.33. The lowest BCUT2D eigenvalue weighted by molar-refractivity contribution is 0.526. The summed E-state index contributed by atoms with van der Waals surface area (Å²) in [5.74, 6) is 1.23. The van der Waals surface area contributed by atoms with E-state index in [4.69, 9.17) is 0 Å². The minimum absolute atomic E-state index is 0.279. The van der Waals surface area contributed by atoms with Crippen LogP contribution in [0.25, 0.3) is 11.3 Å². The van der Waals surface area contributed by atoms with Crippen molar-refractivity contribution in [1.82, 2.24) is 15.3 Å². The molecular formula is C22H25N5S. The van der Waals surface area contributed by atoms with Crippen LogP contribution in [0.3, 0.4) is 0 Å². The van der Waals surface area contributed by atoms with Crippen LogP contribution in [0.5, 0.6) is 0 Å². The maximum atomic E-state index is 9.75. The zero-order valence-electron chi connectivity index (χ0n) is 16.4. The van der Waals surface area contributed by atoms with Crippen molar-refractivity contribution in [1.29, 1.82) is 5.26 Å². The molecular weight excluding hydrogens is 366 g/mol. The van der Waals surface area contributed by atoms with Gasteiger partial charge >= 0.3 is 0 Å². The van der Waals surface area contributed by atoms with Crippen LogP contribution in [0.4, 0.5) is 5.95 Å². The van der Waals surface area contributed by atoms with Gasteiger partial charge in [0.15, 0.2) is 0 Å². The third-order valence-electron chi connectivity index (χ3n) is 4.43. The Balaban J connectivity index is 1.75. The van der Waals surface area contributed by atoms with Gasteiger partial charge in [-0.2, -0.15) is 5.26 Å². The highest BCUT2D eigenvalue weighted by atomic mass is 32.2. The Kier molecular flexibility index (Phi) is 6.72. The maximum Gasteiger partial charge on any atom is 0.223 e. The highest BCUT2D eigenvalue weighted by Gasteiger charge is 2.18. The Bertz CT molecular complexity index is 912. The van der Waals surface area contributed by atoms with Gasteiger partial charge in [-0.05, 0) is 37.3 Å². The Hall–Kier alpha value is -2.78. The van der Waals surface area contributed by atoms with Crippen molar-refractivity contribution >= 4 is 29.0 Å². The highest BCUT2D eigenvalue weighted by Crippen LogP contribution is 2.34. The van der Waals surface area contributed by atoms with Crippen molar-refractivity contribution in [2.24, 2.45) is 5.92 Å². The number of hydrogen-bond donors (Lipinski definition) is 2. The number of rotatable bonds is 7. The number of hydrogen-bond acceptors (Lipinski definition) is 6. The molecule has 2 heterocycles. The van der Waals surface area contributed by atoms with E-state index in [9.17, 15) is 5.26 Å². The van der Waals surface area contributed by atoms with E-state index >= 15 is 0 Å². The average molecular weight is 392 g/mol. The zero-order valence-corrected chi connectivity index (χ0v) is 17.3. The summed E-state index contributed by atoms with van der Waals surface area (Å²) in [4.78, 5) is 8.89. The van der Waals surface area contributed by atoms with E-state index < -0.39 is 0 Å². The summed E-state index contributed by atoms with van der Waals surface area (Å²) in [6, 6.07) is 14.4. The maximum absolute atomic E-state index is 9.75. The Labute approximate surface area is 171 Å². The molecule has 2 aromatic rings. The predicted octanol–water partition coefficient (Wildman–Crippen LogP) is 5.24. The second kappa shape index (κ2) is 9.43. The van der Waals surface area contributed by atoms with Gasteiger partial charge in [0.25, 0.3) is 0 Å². The molecule has 0 fully saturated rings. The molecule has 2 N–H and O–H groups in total. The van der Waals surface area contributed by atoms with Gasteiger partial charge in [0, 0.05) is 17.6 Å². The monoisotopic (exact) mass is 391 g/mol. The zero-order chi connectivity index (χ0) is 19.9. The van der Waals surface area contributed by atoms with Gasteiger partial charge < -0.3 is 10.6 Å². The van der Waals surface area contributed by atoms with Crippen LogP contribution in [-0.4, -0.2) is 16.0 Å². The molecule has 5 nitrogen and oxygen atoms in total. The molecule has 144 valence electrons. The molecule has 0 bridgehead atoms. The molecule has 28 heavy (non-hydrogen) atoms. The van der Waals surface area contributed by atoms with Gasteiger partial charge in [-0.15, -0.1) is 0 Å². The van der Waals surface area contributed by atoms with Gasteiger partial charge in [0.1, 0.15) is 11.6 Å². The lowest BCUT2D eigenvalue weighted by Gasteiger charge is -2.15. The van der Waals surface area contributed by atoms with Gasteiger partial charge in [-0.25, -0.2) is 9.97 Å². The fourth-order valence-corrected chi connectivity index (χ4v) is 3.71. The summed E-state index contributed by atoms with van der Waals surface area (Å²) in [5.41, 5.74) is 3.22. The second-order valence-electron chi connectivity index (χ2n) is 7.24. The first-order valence-electron chi connectivity index (χ1n) is 9.50. The summed E-state index contributed by atoms with van der Waals surface area (Å²) in [6.45, 7) is 6.57. The molecule has 1 aliphatic rings. The second-order valence-corrected chi connectivity index (χ2v) is 8.12. The quantitative estimate of drug-likeness (QED) is 0.629. The molecule has 3 rings (SSSR count). The van der Waals surface area contributed by atoms with Gasteiger partial charge in [-0.1, -0.05) is 55.9 Å². The number of nitrogens with one attached hydrogen (secondary N) is 2. The molecule has 1 aromatic heterocycles. The van der Waals surface area contributed by atoms with Crippen LogP contribution in [0, 0.1) is 17.2 Å². The highest BCUT2D eigenvalue weighted by molar-refractivity contribution is 8.06. The molecule has 1 unspecified atom stereocenters. The number of aromatic nitrogens is 2. The van der Waals surface area contributed by atoms with Crippen molar-refractivity contribution in [2.45, 2.75) is 39.7 Å². The number of anilines is 1. The Morgan fingerprint density at radius 3 is 2.68 bits per heavy atom. The van der Waals surface area contributed by atoms with E-state index in [1.54, 1.807) is 12.3 Å². The number of benzene rings is 1. The average Bonchev–Trinajstić information content (AvgIpc) is 3.18. The fraction of sp³-hybridized carbons (Fsp3) is 0.318. The smallest absolute Gasteiger partial charge is 0.223 e. The van der Waals surface area contributed by atoms with Gasteiger partial charge in [-0.3, -0.25) is 0 Å². The molecule has 0 spiro atoms. The molecule has 1 aliphatic heterocycles. The van der Waals surface area contributed by atoms with Crippen molar-refractivity contribution in [3.63, 3.8) is 0 Å². The largest absolute Gasteiger partial charge is 0.352 e. The minimum atomic E-state index is 0.279. The molecule has 6 heteroatoms. The molecule has 0 saturated heterocycles. The van der Waals surface area contributed by atoms with E-state index in [1.807, 2.05) is 35.7 Å². The van der Waals surface area contributed by atoms with Crippen LogP contribution >= 0.6 is 11.8 Å². The SMILES string of the molecule is CC(C)CCC(C)Nc1nccc(/C(C#N)=C2/NC(c3ccccc3)=CS2)n1. The van der Waals surface area contributed by atoms with Crippen molar-refractivity contribution in [3.8, 4) is 6.07 Å². The first-order chi connectivity index (χ1) is 13.6. The first-order valence-corrected chi connectivity index (χ1v) is 10.4. The third kappa shape index (κ3) is 5.14. The molecule has 0 saturated carbocycles. The summed E-state index contributed by atoms with van der Waals surface area (Å²) in [6.07, 6.45) is 3.90. The lowest BCUT2D eigenvalue weighted by atomic mass is 10.0. The first kappa shape index (κ1) is 20.0. The van der Waals surface area contributed by atoms with E-state index in [1.165, 1.54) is 11.8 Å². The van der Waals surface area contributed by atoms with E-state index in [0.29, 0.717) is 23.1 Å². The van der Waals surface area contributed by atoms with Crippen LogP contribution < -0.4 is 10.6 Å². The van der Waals surface area contributed by atoms with E-state index in [-0.39, 0.29) is 6.04 Å². The lowest BCUT2D eigenvalue weighted by Crippen LogP contribution is -2.18. The number of nitrogens with zero attached hydrogens (tertiary/aromatic N) is 3. The summed E-state index contributed by atoms with van der Waals surface area (Å²) >= 11 is 1.51. The van der Waals surface area contributed by atoms with Crippen LogP contribution in [0.15, 0.2) is 53.0 Å². The predicted molar refractivity (Wildman–Crippen MR) is 117 cm³/mol. The van der Waals surface area contributed by atoms with Crippen LogP contribution in [0.1, 0.15) is 44.9 Å². The standard InChI is InChI=1S/C22H25N5S/c1-15(2)9-10-16(3)25-22-24-12-11-19(27-22)18(13-23)21-26-20(14-28-21)17-7-5-4-6-8-17/h4-8,11-12,14-16,26H,9-10H2,1-3H3,(H,24,25,27)/b21-18-. The molecule has 0 aliphatic carbocycles.